The Labute approximate surface area is 214 Å². The summed E-state index contributed by atoms with van der Waals surface area (Å²) in [7, 11) is 0. The van der Waals surface area contributed by atoms with E-state index in [2.05, 4.69) is 30.9 Å². The van der Waals surface area contributed by atoms with Crippen LogP contribution in [0, 0.1) is 0 Å². The van der Waals surface area contributed by atoms with Crippen LogP contribution in [0.4, 0.5) is 0 Å². The molecule has 0 aliphatic carbocycles. The first-order valence-electron chi connectivity index (χ1n) is 11.8. The number of aliphatic hydroxyl groups excluding tert-OH is 8. The van der Waals surface area contributed by atoms with Crippen LogP contribution in [0.2, 0.25) is 0 Å². The molecule has 38 heavy (non-hydrogen) atoms. The predicted molar refractivity (Wildman–Crippen MR) is 124 cm³/mol. The number of hydrogen-bond donors (Lipinski definition) is 8. The van der Waals surface area contributed by atoms with Gasteiger partial charge in [0, 0.05) is 0 Å². The van der Waals surface area contributed by atoms with Crippen LogP contribution in [0.3, 0.4) is 0 Å². The molecule has 2 saturated heterocycles. The smallest absolute Gasteiger partial charge is 0.174 e. The molecule has 206 valence electrons. The van der Waals surface area contributed by atoms with Gasteiger partial charge in [-0.05, 0) is 21.6 Å². The Morgan fingerprint density at radius 3 is 1.24 bits per heavy atom. The second-order valence-electron chi connectivity index (χ2n) is 9.60. The summed E-state index contributed by atoms with van der Waals surface area (Å²) >= 11 is 0. The molecule has 0 amide bonds. The first kappa shape index (κ1) is 26.9. The molecule has 2 fully saturated rings. The Morgan fingerprint density at radius 2 is 0.947 bits per heavy atom. The second kappa shape index (κ2) is 10.2. The van der Waals surface area contributed by atoms with Crippen molar-refractivity contribution >= 4 is 12.4 Å². The lowest BCUT2D eigenvalue weighted by Gasteiger charge is -2.45. The summed E-state index contributed by atoms with van der Waals surface area (Å²) in [5.74, 6) is 0. The molecule has 0 bridgehead atoms. The van der Waals surface area contributed by atoms with Gasteiger partial charge in [0.2, 0.25) is 0 Å². The molecule has 4 aliphatic rings. The molecule has 1 aromatic carbocycles. The molecule has 0 saturated carbocycles. The fourth-order valence-corrected chi connectivity index (χ4v) is 5.27. The molecule has 16 heteroatoms. The third-order valence-corrected chi connectivity index (χ3v) is 7.49. The molecule has 4 aliphatic heterocycles. The van der Waals surface area contributed by atoms with Crippen molar-refractivity contribution in [2.45, 2.75) is 72.1 Å². The van der Waals surface area contributed by atoms with Gasteiger partial charge in [-0.2, -0.15) is 0 Å². The monoisotopic (exact) mass is 536 g/mol. The van der Waals surface area contributed by atoms with Gasteiger partial charge in [0.25, 0.3) is 0 Å². The first-order chi connectivity index (χ1) is 18.2. The van der Waals surface area contributed by atoms with Gasteiger partial charge in [-0.1, -0.05) is 24.3 Å². The number of benzene rings is 1. The summed E-state index contributed by atoms with van der Waals surface area (Å²) in [5, 5.41) is 105. The summed E-state index contributed by atoms with van der Waals surface area (Å²) in [6.45, 7) is -1.26. The van der Waals surface area contributed by atoms with E-state index in [1.807, 2.05) is 0 Å². The number of hydrogen-bond acceptors (Lipinski definition) is 16. The predicted octanol–water partition coefficient (Wildman–Crippen LogP) is -3.33. The minimum atomic E-state index is -1.64. The van der Waals surface area contributed by atoms with E-state index >= 15 is 0 Å². The maximum absolute atomic E-state index is 10.7. The van der Waals surface area contributed by atoms with E-state index in [-0.39, 0.29) is 0 Å². The number of nitrogens with zero attached hydrogens (tertiary/aromatic N) is 6. The molecule has 5 rings (SSSR count). The van der Waals surface area contributed by atoms with Gasteiger partial charge < -0.3 is 50.3 Å². The van der Waals surface area contributed by atoms with Gasteiger partial charge in [0.1, 0.15) is 61.0 Å². The maximum Gasteiger partial charge on any atom is 0.174 e. The van der Waals surface area contributed by atoms with Crippen LogP contribution >= 0.6 is 0 Å². The van der Waals surface area contributed by atoms with E-state index < -0.39 is 85.3 Å². The number of aliphatic hydroxyl groups is 8. The van der Waals surface area contributed by atoms with E-state index in [0.717, 1.165) is 0 Å². The van der Waals surface area contributed by atoms with Crippen molar-refractivity contribution in [3.05, 3.63) is 35.4 Å². The average Bonchev–Trinajstić information content (AvgIpc) is 3.63. The summed E-state index contributed by atoms with van der Waals surface area (Å²) in [4.78, 5) is 0. The van der Waals surface area contributed by atoms with Gasteiger partial charge in [0.05, 0.1) is 25.6 Å². The molecule has 2 unspecified atom stereocenters. The maximum atomic E-state index is 10.7. The zero-order valence-electron chi connectivity index (χ0n) is 19.7. The minimum absolute atomic E-state index is 0.395. The molecular formula is C22H28N6O10. The average molecular weight is 536 g/mol. The molecule has 1 aromatic rings. The van der Waals surface area contributed by atoms with Crippen molar-refractivity contribution in [1.29, 1.82) is 0 Å². The van der Waals surface area contributed by atoms with Crippen molar-refractivity contribution in [2.75, 3.05) is 13.2 Å². The van der Waals surface area contributed by atoms with E-state index in [4.69, 9.17) is 9.47 Å². The quantitative estimate of drug-likeness (QED) is 0.179. The first-order valence-corrected chi connectivity index (χ1v) is 11.8. The minimum Gasteiger partial charge on any atom is -0.394 e. The largest absolute Gasteiger partial charge is 0.394 e. The highest BCUT2D eigenvalue weighted by Crippen LogP contribution is 2.42. The SMILES string of the molecule is OC[C@H]1O[C@@H](C2(c3ccc(C4([C@@H]5O[C@H](CO)[C@@H](O)[C@@H](O)[C@@H]5O)C=NN=N4)cc3)C=NN=N2)[C@H](O)[C@H](O)[C@@H]1O. The summed E-state index contributed by atoms with van der Waals surface area (Å²) < 4.78 is 11.5. The van der Waals surface area contributed by atoms with Crippen molar-refractivity contribution < 1.29 is 50.3 Å². The molecule has 12 atom stereocenters. The highest BCUT2D eigenvalue weighted by Gasteiger charge is 2.57. The van der Waals surface area contributed by atoms with Gasteiger partial charge >= 0.3 is 0 Å². The zero-order valence-corrected chi connectivity index (χ0v) is 19.7. The molecule has 0 aromatic heterocycles. The normalized spacial score (nSPS) is 46.2. The molecule has 8 N–H and O–H groups in total. The van der Waals surface area contributed by atoms with E-state index in [1.54, 1.807) is 24.3 Å². The Kier molecular flexibility index (Phi) is 7.20. The van der Waals surface area contributed by atoms with Gasteiger partial charge in [-0.3, -0.25) is 0 Å². The van der Waals surface area contributed by atoms with Crippen molar-refractivity contribution in [2.24, 2.45) is 30.9 Å². The molecule has 4 heterocycles. The number of rotatable bonds is 6. The second-order valence-corrected chi connectivity index (χ2v) is 9.60. The van der Waals surface area contributed by atoms with Crippen LogP contribution in [-0.2, 0) is 20.6 Å². The topological polar surface area (TPSA) is 254 Å². The van der Waals surface area contributed by atoms with Crippen LogP contribution in [0.25, 0.3) is 0 Å². The van der Waals surface area contributed by atoms with Crippen LogP contribution in [-0.4, -0.2) is 128 Å². The standard InChI is InChI=1S/C22H28N6O10/c29-5-11-13(31)15(33)17(35)19(37-11)21(7-23-27-25-21)9-1-2-10(4-3-9)22(8-24-28-26-22)20-18(36)16(34)14(32)12(6-30)38-20/h1-4,7-8,11-20,29-36H,5-6H2/t11-,12-,13-,14-,15-,16-,17-,18+,19-,20-,21?,22?/m1/s1. The van der Waals surface area contributed by atoms with E-state index in [1.165, 1.54) is 12.4 Å². The van der Waals surface area contributed by atoms with Gasteiger partial charge in [-0.15, -0.1) is 20.4 Å². The Hall–Kier alpha value is -2.64. The Bertz CT molecular complexity index is 1020. The summed E-state index contributed by atoms with van der Waals surface area (Å²) in [5.41, 5.74) is -2.28. The van der Waals surface area contributed by atoms with E-state index in [9.17, 15) is 40.9 Å². The van der Waals surface area contributed by atoms with Crippen molar-refractivity contribution in [1.82, 2.24) is 0 Å². The third-order valence-electron chi connectivity index (χ3n) is 7.49. The number of ether oxygens (including phenoxy) is 2. The van der Waals surface area contributed by atoms with Gasteiger partial charge in [-0.25, -0.2) is 0 Å². The van der Waals surface area contributed by atoms with Crippen LogP contribution in [0.1, 0.15) is 11.1 Å². The molecular weight excluding hydrogens is 508 g/mol. The van der Waals surface area contributed by atoms with Crippen molar-refractivity contribution in [3.8, 4) is 0 Å². The summed E-state index contributed by atoms with van der Waals surface area (Å²) in [6, 6.07) is 6.28. The lowest BCUT2D eigenvalue weighted by Crippen LogP contribution is -2.64. The Morgan fingerprint density at radius 1 is 0.579 bits per heavy atom. The fourth-order valence-electron chi connectivity index (χ4n) is 5.27. The lowest BCUT2D eigenvalue weighted by molar-refractivity contribution is -0.239. The summed E-state index contributed by atoms with van der Waals surface area (Å²) in [6.07, 6.45) is -12.0. The zero-order chi connectivity index (χ0) is 27.2. The molecule has 0 spiro atoms. The molecule has 16 nitrogen and oxygen atoms in total. The fraction of sp³-hybridized carbons (Fsp3) is 0.636. The molecule has 0 radical (unpaired) electrons. The van der Waals surface area contributed by atoms with Crippen LogP contribution in [0.15, 0.2) is 55.1 Å². The Balaban J connectivity index is 1.51. The third kappa shape index (κ3) is 4.01. The highest BCUT2D eigenvalue weighted by atomic mass is 16.6. The van der Waals surface area contributed by atoms with E-state index in [0.29, 0.717) is 11.1 Å². The van der Waals surface area contributed by atoms with Crippen LogP contribution < -0.4 is 0 Å². The highest BCUT2D eigenvalue weighted by molar-refractivity contribution is 5.77. The van der Waals surface area contributed by atoms with Gasteiger partial charge in [0.15, 0.2) is 11.1 Å². The lowest BCUT2D eigenvalue weighted by atomic mass is 9.76. The van der Waals surface area contributed by atoms with Crippen LogP contribution in [0.5, 0.6) is 0 Å². The van der Waals surface area contributed by atoms with Crippen molar-refractivity contribution in [3.63, 3.8) is 0 Å².